The fourth-order valence-electron chi connectivity index (χ4n) is 6.12. The summed E-state index contributed by atoms with van der Waals surface area (Å²) in [6.45, 7) is 7.08. The summed E-state index contributed by atoms with van der Waals surface area (Å²) in [6, 6.07) is 8.92. The zero-order valence-corrected chi connectivity index (χ0v) is 25.7. The van der Waals surface area contributed by atoms with E-state index in [9.17, 15) is 27.6 Å². The van der Waals surface area contributed by atoms with E-state index in [2.05, 4.69) is 15.2 Å². The van der Waals surface area contributed by atoms with Crippen LogP contribution in [0.5, 0.6) is 5.88 Å². The topological polar surface area (TPSA) is 125 Å². The van der Waals surface area contributed by atoms with Crippen LogP contribution in [0.15, 0.2) is 47.6 Å². The number of ether oxygens (including phenoxy) is 2. The number of carboxylic acids is 1. The molecule has 6 rings (SSSR count). The highest BCUT2D eigenvalue weighted by molar-refractivity contribution is 7.89. The molecular weight excluding hydrogens is 611 g/mol. The van der Waals surface area contributed by atoms with E-state index < -0.39 is 40.9 Å². The van der Waals surface area contributed by atoms with Crippen LogP contribution < -0.4 is 4.74 Å². The summed E-state index contributed by atoms with van der Waals surface area (Å²) in [5.74, 6) is -2.55. The van der Waals surface area contributed by atoms with Crippen molar-refractivity contribution in [1.82, 2.24) is 23.9 Å². The molecule has 45 heavy (non-hydrogen) atoms. The largest absolute Gasteiger partial charge is 0.593 e. The molecule has 0 bridgehead atoms. The third kappa shape index (κ3) is 6.11. The van der Waals surface area contributed by atoms with Crippen molar-refractivity contribution >= 4 is 23.0 Å². The Morgan fingerprint density at radius 2 is 1.91 bits per heavy atom. The minimum atomic E-state index is -4.70. The average molecular weight is 644 g/mol. The van der Waals surface area contributed by atoms with Gasteiger partial charge in [-0.05, 0) is 60.2 Å². The molecule has 2 unspecified atom stereocenters. The number of hydrogen-bond acceptors (Lipinski definition) is 8. The fraction of sp³-hybridized carbons (Fsp3) is 0.419. The number of aryl methyl sites for hydroxylation is 3. The number of fused-ring (bicyclic) bond motifs is 2. The lowest BCUT2D eigenvalue weighted by molar-refractivity contribution is -0.145. The van der Waals surface area contributed by atoms with Crippen LogP contribution in [-0.2, 0) is 33.6 Å². The summed E-state index contributed by atoms with van der Waals surface area (Å²) in [7, 11) is 0. The number of halogens is 3. The van der Waals surface area contributed by atoms with E-state index in [-0.39, 0.29) is 18.6 Å². The maximum atomic E-state index is 14.1. The van der Waals surface area contributed by atoms with Crippen molar-refractivity contribution in [2.24, 2.45) is 0 Å². The van der Waals surface area contributed by atoms with Gasteiger partial charge in [0.05, 0.1) is 44.1 Å². The van der Waals surface area contributed by atoms with Crippen LogP contribution in [0.2, 0.25) is 0 Å². The van der Waals surface area contributed by atoms with Crippen molar-refractivity contribution < 1.29 is 37.1 Å². The van der Waals surface area contributed by atoms with Crippen molar-refractivity contribution in [3.8, 4) is 5.88 Å². The maximum Gasteiger partial charge on any atom is 0.452 e. The molecule has 0 amide bonds. The van der Waals surface area contributed by atoms with Gasteiger partial charge in [-0.15, -0.1) is 14.5 Å². The Labute approximate surface area is 260 Å². The number of alkyl halides is 3. The van der Waals surface area contributed by atoms with Gasteiger partial charge in [0.15, 0.2) is 5.65 Å². The number of pyridine rings is 2. The molecule has 0 radical (unpaired) electrons. The number of aliphatic carboxylic acids is 1. The molecule has 2 atom stereocenters. The number of nitrogens with zero attached hydrogens (tertiary/aromatic N) is 5. The summed E-state index contributed by atoms with van der Waals surface area (Å²) in [5, 5.41) is 17.0. The van der Waals surface area contributed by atoms with Crippen molar-refractivity contribution in [3.05, 3.63) is 81.9 Å². The lowest BCUT2D eigenvalue weighted by Crippen LogP contribution is -2.50. The van der Waals surface area contributed by atoms with Gasteiger partial charge in [0.1, 0.15) is 5.60 Å². The first kappa shape index (κ1) is 31.3. The van der Waals surface area contributed by atoms with E-state index in [0.717, 1.165) is 21.1 Å². The summed E-state index contributed by atoms with van der Waals surface area (Å²) < 4.78 is 69.3. The smallest absolute Gasteiger partial charge is 0.452 e. The Morgan fingerprint density at radius 3 is 2.62 bits per heavy atom. The van der Waals surface area contributed by atoms with Crippen LogP contribution >= 0.6 is 0 Å². The zero-order valence-electron chi connectivity index (χ0n) is 24.9. The second-order valence-corrected chi connectivity index (χ2v) is 13.2. The number of rotatable bonds is 6. The lowest BCUT2D eigenvalue weighted by Gasteiger charge is -2.37. The molecular formula is C31H32F3N5O5S. The van der Waals surface area contributed by atoms with Gasteiger partial charge in [-0.2, -0.15) is 13.2 Å². The minimum absolute atomic E-state index is 0.00633. The standard InChI is InChI=1S/C31H32F3N5O5S/c1-18-12-25-28(35-15-18)44-30(7-10-43-11-8-30)17-38(45(25)42)16-22-13-21(5-4-19(22)2)24(14-26(40)41)23-6-9-39-27(20(23)3)36-37-29(39)31(32,33)34/h4-6,9,12-13,15,24H,7-8,10-11,14,16-17H2,1-3H3,(H,40,41). The molecule has 1 aromatic carbocycles. The first-order valence-corrected chi connectivity index (χ1v) is 15.6. The highest BCUT2D eigenvalue weighted by Crippen LogP contribution is 2.40. The molecule has 1 saturated heterocycles. The van der Waals surface area contributed by atoms with Gasteiger partial charge < -0.3 is 19.1 Å². The Hall–Kier alpha value is -3.72. The van der Waals surface area contributed by atoms with E-state index in [4.69, 9.17) is 9.47 Å². The number of aromatic nitrogens is 4. The molecule has 10 nitrogen and oxygen atoms in total. The van der Waals surface area contributed by atoms with Gasteiger partial charge in [0, 0.05) is 37.2 Å². The van der Waals surface area contributed by atoms with Gasteiger partial charge in [-0.1, -0.05) is 18.2 Å². The first-order valence-electron chi connectivity index (χ1n) is 14.5. The molecule has 0 aliphatic carbocycles. The molecule has 238 valence electrons. The van der Waals surface area contributed by atoms with Crippen LogP contribution in [-0.4, -0.2) is 64.9 Å². The summed E-state index contributed by atoms with van der Waals surface area (Å²) in [4.78, 5) is 17.0. The predicted molar refractivity (Wildman–Crippen MR) is 157 cm³/mol. The van der Waals surface area contributed by atoms with Crippen molar-refractivity contribution in [2.75, 3.05) is 19.8 Å². The van der Waals surface area contributed by atoms with Crippen LogP contribution in [0, 0.1) is 20.8 Å². The SMILES string of the molecule is Cc1cnc2c(c1)[S+]([O-])N(Cc1cc(C(CC(=O)O)c3ccn4c(C(F)(F)F)nnc4c3C)ccc1C)CC1(CCOCC1)O2. The zero-order chi connectivity index (χ0) is 32.1. The van der Waals surface area contributed by atoms with Crippen LogP contribution in [0.4, 0.5) is 13.2 Å². The predicted octanol–water partition coefficient (Wildman–Crippen LogP) is 5.14. The van der Waals surface area contributed by atoms with Crippen molar-refractivity contribution in [3.63, 3.8) is 0 Å². The highest BCUT2D eigenvalue weighted by Gasteiger charge is 2.46. The van der Waals surface area contributed by atoms with Crippen molar-refractivity contribution in [2.45, 2.75) is 69.2 Å². The number of benzene rings is 1. The average Bonchev–Trinajstić information content (AvgIpc) is 3.40. The van der Waals surface area contributed by atoms with Gasteiger partial charge in [-0.3, -0.25) is 9.20 Å². The van der Waals surface area contributed by atoms with Gasteiger partial charge in [0.25, 0.3) is 5.88 Å². The van der Waals surface area contributed by atoms with E-state index >= 15 is 0 Å². The van der Waals surface area contributed by atoms with Gasteiger partial charge >= 0.3 is 12.1 Å². The Kier molecular flexibility index (Phi) is 8.27. The Morgan fingerprint density at radius 1 is 1.16 bits per heavy atom. The van der Waals surface area contributed by atoms with Crippen LogP contribution in [0.25, 0.3) is 5.65 Å². The lowest BCUT2D eigenvalue weighted by atomic mass is 9.85. The number of carbonyl (C=O) groups is 1. The molecule has 14 heteroatoms. The second kappa shape index (κ2) is 11.9. The normalized spacial score (nSPS) is 19.2. The van der Waals surface area contributed by atoms with E-state index in [1.807, 2.05) is 42.4 Å². The Balaban J connectivity index is 1.39. The quantitative estimate of drug-likeness (QED) is 0.284. The summed E-state index contributed by atoms with van der Waals surface area (Å²) in [6.07, 6.45) is -0.865. The van der Waals surface area contributed by atoms with Crippen LogP contribution in [0.1, 0.15) is 64.4 Å². The second-order valence-electron chi connectivity index (χ2n) is 11.7. The first-order chi connectivity index (χ1) is 21.3. The van der Waals surface area contributed by atoms with Crippen molar-refractivity contribution in [1.29, 1.82) is 0 Å². The summed E-state index contributed by atoms with van der Waals surface area (Å²) in [5.41, 5.74) is 3.57. The van der Waals surface area contributed by atoms with E-state index in [0.29, 0.717) is 60.1 Å². The van der Waals surface area contributed by atoms with Crippen LogP contribution in [0.3, 0.4) is 0 Å². The molecule has 1 N–H and O–H groups in total. The molecule has 2 aliphatic rings. The number of carboxylic acid groups (broad SMARTS) is 1. The molecule has 5 heterocycles. The third-order valence-corrected chi connectivity index (χ3v) is 9.95. The molecule has 3 aromatic heterocycles. The fourth-order valence-corrected chi connectivity index (χ4v) is 7.54. The molecule has 1 spiro atoms. The number of hydrogen-bond donors (Lipinski definition) is 1. The molecule has 4 aromatic rings. The molecule has 1 fully saturated rings. The Bertz CT molecular complexity index is 1760. The van der Waals surface area contributed by atoms with Gasteiger partial charge in [0.2, 0.25) is 10.7 Å². The highest BCUT2D eigenvalue weighted by atomic mass is 32.2. The molecule has 2 aliphatic heterocycles. The minimum Gasteiger partial charge on any atom is -0.593 e. The maximum absolute atomic E-state index is 14.1. The summed E-state index contributed by atoms with van der Waals surface area (Å²) >= 11 is -1.60. The van der Waals surface area contributed by atoms with Gasteiger partial charge in [-0.25, -0.2) is 4.98 Å². The van der Waals surface area contributed by atoms with E-state index in [1.54, 1.807) is 13.1 Å². The monoisotopic (exact) mass is 643 g/mol. The third-order valence-electron chi connectivity index (χ3n) is 8.56. The van der Waals surface area contributed by atoms with E-state index in [1.165, 1.54) is 12.3 Å². The molecule has 0 saturated carbocycles.